The number of ether oxygens (including phenoxy) is 2. The Morgan fingerprint density at radius 3 is 2.48 bits per heavy atom. The van der Waals surface area contributed by atoms with Gasteiger partial charge in [-0.3, -0.25) is 4.68 Å². The Morgan fingerprint density at radius 2 is 1.76 bits per heavy atom. The number of benzene rings is 1. The number of pyridine rings is 1. The molecule has 0 radical (unpaired) electrons. The molecule has 2 N–H and O–H groups in total. The molecule has 0 aliphatic carbocycles. The number of carbonyl (C=O) groups excluding carboxylic acids is 2. The lowest BCUT2D eigenvalue weighted by Crippen LogP contribution is -2.11. The Morgan fingerprint density at radius 1 is 1.03 bits per heavy atom. The first-order valence-corrected chi connectivity index (χ1v) is 9.39. The SMILES string of the molecule is NCCn1nc(-c2ccc(Cl)c(Cl)c2Cl)c2c3nc(cc21)OC(=O)/C=C/C(=O)O3. The third-order valence-corrected chi connectivity index (χ3v) is 5.36. The number of rotatable bonds is 3. The molecule has 1 aliphatic rings. The van der Waals surface area contributed by atoms with Gasteiger partial charge in [-0.05, 0) is 12.1 Å². The summed E-state index contributed by atoms with van der Waals surface area (Å²) in [6, 6.07) is 4.72. The van der Waals surface area contributed by atoms with Crippen LogP contribution >= 0.6 is 34.8 Å². The van der Waals surface area contributed by atoms with Crippen LogP contribution in [0.15, 0.2) is 30.4 Å². The zero-order chi connectivity index (χ0) is 20.7. The van der Waals surface area contributed by atoms with Gasteiger partial charge in [-0.25, -0.2) is 9.59 Å². The summed E-state index contributed by atoms with van der Waals surface area (Å²) in [5.74, 6) is -1.71. The summed E-state index contributed by atoms with van der Waals surface area (Å²) < 4.78 is 12.0. The molecule has 2 aromatic heterocycles. The number of nitrogens with two attached hydrogens (primary N) is 1. The van der Waals surface area contributed by atoms with E-state index in [0.717, 1.165) is 12.2 Å². The molecule has 0 atom stereocenters. The summed E-state index contributed by atoms with van der Waals surface area (Å²) in [4.78, 5) is 28.0. The molecule has 0 unspecified atom stereocenters. The van der Waals surface area contributed by atoms with E-state index in [-0.39, 0.29) is 33.4 Å². The molecule has 29 heavy (non-hydrogen) atoms. The van der Waals surface area contributed by atoms with Crippen molar-refractivity contribution >= 4 is 57.6 Å². The van der Waals surface area contributed by atoms with Gasteiger partial charge in [0.1, 0.15) is 5.69 Å². The predicted molar refractivity (Wildman–Crippen MR) is 107 cm³/mol. The minimum absolute atomic E-state index is 0.0539. The number of aromatic nitrogens is 3. The van der Waals surface area contributed by atoms with Crippen molar-refractivity contribution in [3.8, 4) is 23.0 Å². The first-order valence-electron chi connectivity index (χ1n) is 8.26. The molecule has 8 nitrogen and oxygen atoms in total. The van der Waals surface area contributed by atoms with E-state index in [9.17, 15) is 9.59 Å². The number of fused-ring (bicyclic) bond motifs is 4. The van der Waals surface area contributed by atoms with E-state index in [1.165, 1.54) is 6.07 Å². The maximum atomic E-state index is 12.1. The number of carbonyl (C=O) groups is 2. The van der Waals surface area contributed by atoms with E-state index in [4.69, 9.17) is 50.0 Å². The Balaban J connectivity index is 2.05. The van der Waals surface area contributed by atoms with Crippen LogP contribution in [0.5, 0.6) is 11.8 Å². The second kappa shape index (κ2) is 7.64. The summed E-state index contributed by atoms with van der Waals surface area (Å²) >= 11 is 18.6. The van der Waals surface area contributed by atoms with Gasteiger partial charge in [0, 0.05) is 30.3 Å². The fraction of sp³-hybridized carbons (Fsp3) is 0.111. The van der Waals surface area contributed by atoms with Crippen LogP contribution in [0.25, 0.3) is 22.2 Å². The van der Waals surface area contributed by atoms with Crippen molar-refractivity contribution in [2.24, 2.45) is 5.73 Å². The average molecular weight is 454 g/mol. The fourth-order valence-corrected chi connectivity index (χ4v) is 3.48. The lowest BCUT2D eigenvalue weighted by molar-refractivity contribution is -0.131. The van der Waals surface area contributed by atoms with E-state index < -0.39 is 11.9 Å². The van der Waals surface area contributed by atoms with Gasteiger partial charge in [-0.1, -0.05) is 34.8 Å². The molecular formula is C18H11Cl3N4O4. The molecule has 1 aliphatic heterocycles. The van der Waals surface area contributed by atoms with Crippen LogP contribution in [-0.4, -0.2) is 33.2 Å². The molecule has 0 saturated carbocycles. The smallest absolute Gasteiger partial charge is 0.337 e. The van der Waals surface area contributed by atoms with E-state index in [2.05, 4.69) is 10.1 Å². The molecule has 0 amide bonds. The van der Waals surface area contributed by atoms with E-state index in [1.807, 2.05) is 0 Å². The molecular weight excluding hydrogens is 443 g/mol. The predicted octanol–water partition coefficient (Wildman–Crippen LogP) is 3.40. The van der Waals surface area contributed by atoms with Crippen LogP contribution in [-0.2, 0) is 16.1 Å². The van der Waals surface area contributed by atoms with Crippen LogP contribution in [0.3, 0.4) is 0 Å². The highest BCUT2D eigenvalue weighted by molar-refractivity contribution is 6.49. The molecule has 0 spiro atoms. The Kier molecular flexibility index (Phi) is 5.18. The summed E-state index contributed by atoms with van der Waals surface area (Å²) in [5.41, 5.74) is 6.99. The van der Waals surface area contributed by atoms with Gasteiger partial charge < -0.3 is 15.2 Å². The van der Waals surface area contributed by atoms with Crippen molar-refractivity contribution in [2.45, 2.75) is 6.54 Å². The zero-order valence-electron chi connectivity index (χ0n) is 14.5. The molecule has 3 heterocycles. The first kappa shape index (κ1) is 19.7. The van der Waals surface area contributed by atoms with Gasteiger partial charge in [0.25, 0.3) is 0 Å². The minimum Gasteiger partial charge on any atom is -0.404 e. The van der Waals surface area contributed by atoms with Crippen molar-refractivity contribution in [1.82, 2.24) is 14.8 Å². The lowest BCUT2D eigenvalue weighted by atomic mass is 10.1. The van der Waals surface area contributed by atoms with Gasteiger partial charge in [0.2, 0.25) is 11.8 Å². The molecule has 148 valence electrons. The third kappa shape index (κ3) is 3.56. The molecule has 0 fully saturated rings. The molecule has 3 aromatic rings. The monoisotopic (exact) mass is 452 g/mol. The topological polar surface area (TPSA) is 109 Å². The number of hydrogen-bond donors (Lipinski definition) is 1. The van der Waals surface area contributed by atoms with E-state index in [0.29, 0.717) is 28.7 Å². The van der Waals surface area contributed by atoms with Gasteiger partial charge in [-0.2, -0.15) is 10.1 Å². The van der Waals surface area contributed by atoms with Crippen LogP contribution in [0.1, 0.15) is 0 Å². The molecule has 11 heteroatoms. The number of esters is 2. The number of halogens is 3. The Hall–Kier alpha value is -2.65. The van der Waals surface area contributed by atoms with Crippen molar-refractivity contribution in [3.63, 3.8) is 0 Å². The highest BCUT2D eigenvalue weighted by Gasteiger charge is 2.25. The number of hydrogen-bond acceptors (Lipinski definition) is 7. The van der Waals surface area contributed by atoms with Gasteiger partial charge in [-0.15, -0.1) is 0 Å². The second-order valence-corrected chi connectivity index (χ2v) is 7.08. The normalized spacial score (nSPS) is 14.8. The van der Waals surface area contributed by atoms with Gasteiger partial charge in [0.05, 0.1) is 32.5 Å². The second-order valence-electron chi connectivity index (χ2n) is 5.92. The maximum absolute atomic E-state index is 12.1. The third-order valence-electron chi connectivity index (χ3n) is 4.07. The number of nitrogens with zero attached hydrogens (tertiary/aromatic N) is 3. The van der Waals surface area contributed by atoms with Crippen molar-refractivity contribution in [1.29, 1.82) is 0 Å². The van der Waals surface area contributed by atoms with E-state index >= 15 is 0 Å². The van der Waals surface area contributed by atoms with E-state index in [1.54, 1.807) is 16.8 Å². The average Bonchev–Trinajstić information content (AvgIpc) is 3.05. The molecule has 0 saturated heterocycles. The largest absolute Gasteiger partial charge is 0.404 e. The summed E-state index contributed by atoms with van der Waals surface area (Å²) in [7, 11) is 0. The molecule has 1 aromatic carbocycles. The fourth-order valence-electron chi connectivity index (χ4n) is 2.86. The quantitative estimate of drug-likeness (QED) is 0.478. The highest BCUT2D eigenvalue weighted by atomic mass is 35.5. The van der Waals surface area contributed by atoms with Crippen LogP contribution in [0.2, 0.25) is 15.1 Å². The Labute approximate surface area is 178 Å². The van der Waals surface area contributed by atoms with Crippen LogP contribution < -0.4 is 15.2 Å². The van der Waals surface area contributed by atoms with Crippen molar-refractivity contribution in [2.75, 3.05) is 6.54 Å². The first-order chi connectivity index (χ1) is 13.9. The minimum atomic E-state index is -0.799. The van der Waals surface area contributed by atoms with Gasteiger partial charge >= 0.3 is 11.9 Å². The van der Waals surface area contributed by atoms with Crippen LogP contribution in [0, 0.1) is 0 Å². The summed E-state index contributed by atoms with van der Waals surface area (Å²) in [6.45, 7) is 0.609. The zero-order valence-corrected chi connectivity index (χ0v) is 16.8. The summed E-state index contributed by atoms with van der Waals surface area (Å²) in [6.07, 6.45) is 1.90. The Bertz CT molecular complexity index is 1210. The van der Waals surface area contributed by atoms with Gasteiger partial charge in [0.15, 0.2) is 0 Å². The standard InChI is InChI=1S/C18H11Cl3N4O4/c19-9-2-1-8(15(20)16(9)21)17-14-10(25(24-17)6-5-22)7-11-23-18(14)29-13(27)4-3-12(26)28-11/h1-4,7H,5-6,22H2/b4-3+. The van der Waals surface area contributed by atoms with Crippen molar-refractivity contribution < 1.29 is 19.1 Å². The maximum Gasteiger partial charge on any atom is 0.337 e. The lowest BCUT2D eigenvalue weighted by Gasteiger charge is -2.08. The van der Waals surface area contributed by atoms with Crippen LogP contribution in [0.4, 0.5) is 0 Å². The molecule has 2 bridgehead atoms. The van der Waals surface area contributed by atoms with Crippen molar-refractivity contribution in [3.05, 3.63) is 45.4 Å². The molecule has 4 rings (SSSR count). The highest BCUT2D eigenvalue weighted by Crippen LogP contribution is 2.42. The summed E-state index contributed by atoms with van der Waals surface area (Å²) in [5, 5.41) is 5.54.